The second-order valence-corrected chi connectivity index (χ2v) is 8.41. The van der Waals surface area contributed by atoms with E-state index < -0.39 is 5.97 Å². The Hall–Kier alpha value is -2.65. The number of hydrogen-bond acceptors (Lipinski definition) is 7. The average Bonchev–Trinajstić information content (AvgIpc) is 3.15. The summed E-state index contributed by atoms with van der Waals surface area (Å²) in [7, 11) is 0. The fourth-order valence-electron chi connectivity index (χ4n) is 2.90. The van der Waals surface area contributed by atoms with E-state index in [0.29, 0.717) is 33.2 Å². The molecule has 0 fully saturated rings. The summed E-state index contributed by atoms with van der Waals surface area (Å²) in [6.07, 6.45) is 0.755. The van der Waals surface area contributed by atoms with Crippen LogP contribution < -0.4 is 10.9 Å². The SMILES string of the molecule is CCOC(=O)c1cc(CC)sc1NC(=O)CSc1nc2ccccc2c(=O)n1CC. The summed E-state index contributed by atoms with van der Waals surface area (Å²) in [6.45, 7) is 6.31. The zero-order chi connectivity index (χ0) is 21.7. The highest BCUT2D eigenvalue weighted by Crippen LogP contribution is 2.30. The van der Waals surface area contributed by atoms with E-state index in [-0.39, 0.29) is 23.8 Å². The molecule has 1 aromatic carbocycles. The maximum absolute atomic E-state index is 12.7. The Morgan fingerprint density at radius 1 is 1.23 bits per heavy atom. The van der Waals surface area contributed by atoms with Crippen LogP contribution in [0.4, 0.5) is 5.00 Å². The Labute approximate surface area is 182 Å². The molecular formula is C21H23N3O4S2. The van der Waals surface area contributed by atoms with Gasteiger partial charge in [-0.25, -0.2) is 9.78 Å². The summed E-state index contributed by atoms with van der Waals surface area (Å²) in [5.74, 6) is -0.667. The van der Waals surface area contributed by atoms with Gasteiger partial charge in [0.2, 0.25) is 5.91 Å². The van der Waals surface area contributed by atoms with E-state index in [1.807, 2.05) is 19.9 Å². The zero-order valence-electron chi connectivity index (χ0n) is 17.1. The predicted molar refractivity (Wildman–Crippen MR) is 121 cm³/mol. The van der Waals surface area contributed by atoms with Crippen molar-refractivity contribution in [1.29, 1.82) is 0 Å². The number of thiophene rings is 1. The number of fused-ring (bicyclic) bond motifs is 1. The number of para-hydroxylation sites is 1. The highest BCUT2D eigenvalue weighted by Gasteiger charge is 2.19. The van der Waals surface area contributed by atoms with E-state index in [1.54, 1.807) is 35.8 Å². The molecule has 158 valence electrons. The Morgan fingerprint density at radius 2 is 2.00 bits per heavy atom. The lowest BCUT2D eigenvalue weighted by atomic mass is 10.2. The van der Waals surface area contributed by atoms with E-state index in [4.69, 9.17) is 4.74 Å². The van der Waals surface area contributed by atoms with Gasteiger partial charge >= 0.3 is 5.97 Å². The highest BCUT2D eigenvalue weighted by atomic mass is 32.2. The summed E-state index contributed by atoms with van der Waals surface area (Å²) >= 11 is 2.56. The smallest absolute Gasteiger partial charge is 0.341 e. The summed E-state index contributed by atoms with van der Waals surface area (Å²) in [5, 5.41) is 4.33. The van der Waals surface area contributed by atoms with Gasteiger partial charge in [-0.2, -0.15) is 0 Å². The Balaban J connectivity index is 1.78. The number of aryl methyl sites for hydroxylation is 1. The number of thioether (sulfide) groups is 1. The molecule has 30 heavy (non-hydrogen) atoms. The number of anilines is 1. The number of carbonyl (C=O) groups excluding carboxylic acids is 2. The molecular weight excluding hydrogens is 422 g/mol. The van der Waals surface area contributed by atoms with Crippen molar-refractivity contribution in [3.05, 3.63) is 51.1 Å². The Bertz CT molecular complexity index is 1140. The number of nitrogens with one attached hydrogen (secondary N) is 1. The predicted octanol–water partition coefficient (Wildman–Crippen LogP) is 3.95. The maximum atomic E-state index is 12.7. The van der Waals surface area contributed by atoms with Gasteiger partial charge in [0.25, 0.3) is 5.56 Å². The lowest BCUT2D eigenvalue weighted by Crippen LogP contribution is -2.23. The second kappa shape index (κ2) is 9.90. The quantitative estimate of drug-likeness (QED) is 0.321. The maximum Gasteiger partial charge on any atom is 0.341 e. The van der Waals surface area contributed by atoms with E-state index >= 15 is 0 Å². The van der Waals surface area contributed by atoms with Crippen LogP contribution in [0.15, 0.2) is 40.3 Å². The molecule has 0 saturated heterocycles. The summed E-state index contributed by atoms with van der Waals surface area (Å²) in [6, 6.07) is 8.91. The number of nitrogens with zero attached hydrogens (tertiary/aromatic N) is 2. The molecule has 0 spiro atoms. The Kier molecular flexibility index (Phi) is 7.28. The van der Waals surface area contributed by atoms with E-state index in [2.05, 4.69) is 10.3 Å². The molecule has 3 aromatic rings. The van der Waals surface area contributed by atoms with Gasteiger partial charge in [0.15, 0.2) is 5.16 Å². The molecule has 0 atom stereocenters. The van der Waals surface area contributed by atoms with Crippen molar-refractivity contribution in [1.82, 2.24) is 9.55 Å². The third-order valence-corrected chi connectivity index (χ3v) is 6.53. The fraction of sp³-hybridized carbons (Fsp3) is 0.333. The van der Waals surface area contributed by atoms with Crippen molar-refractivity contribution in [2.24, 2.45) is 0 Å². The number of aromatic nitrogens is 2. The highest BCUT2D eigenvalue weighted by molar-refractivity contribution is 7.99. The first-order valence-electron chi connectivity index (χ1n) is 9.70. The molecule has 1 amide bonds. The van der Waals surface area contributed by atoms with Crippen LogP contribution >= 0.6 is 23.1 Å². The minimum atomic E-state index is -0.451. The van der Waals surface area contributed by atoms with Gasteiger partial charge in [-0.15, -0.1) is 11.3 Å². The van der Waals surface area contributed by atoms with Crippen LogP contribution in [0.25, 0.3) is 10.9 Å². The summed E-state index contributed by atoms with van der Waals surface area (Å²) in [4.78, 5) is 43.0. The Morgan fingerprint density at radius 3 is 2.70 bits per heavy atom. The van der Waals surface area contributed by atoms with Gasteiger partial charge in [-0.3, -0.25) is 14.2 Å². The van der Waals surface area contributed by atoms with Gasteiger partial charge in [0.05, 0.1) is 28.8 Å². The van der Waals surface area contributed by atoms with Crippen molar-refractivity contribution in [2.45, 2.75) is 38.9 Å². The molecule has 0 aliphatic rings. The molecule has 1 N–H and O–H groups in total. The molecule has 9 heteroatoms. The number of esters is 1. The van der Waals surface area contributed by atoms with Crippen LogP contribution in [0, 0.1) is 0 Å². The molecule has 3 rings (SSSR count). The summed E-state index contributed by atoms with van der Waals surface area (Å²) in [5.41, 5.74) is 0.846. The number of carbonyl (C=O) groups is 2. The molecule has 0 unspecified atom stereocenters. The van der Waals surface area contributed by atoms with E-state index in [1.165, 1.54) is 23.1 Å². The zero-order valence-corrected chi connectivity index (χ0v) is 18.7. The molecule has 2 heterocycles. The third-order valence-electron chi connectivity index (χ3n) is 4.36. The molecule has 0 radical (unpaired) electrons. The van der Waals surface area contributed by atoms with Crippen LogP contribution in [-0.2, 0) is 22.5 Å². The van der Waals surface area contributed by atoms with Gasteiger partial charge in [-0.1, -0.05) is 30.8 Å². The topological polar surface area (TPSA) is 90.3 Å². The van der Waals surface area contributed by atoms with Gasteiger partial charge in [0, 0.05) is 11.4 Å². The fourth-order valence-corrected chi connectivity index (χ4v) is 4.76. The second-order valence-electron chi connectivity index (χ2n) is 6.33. The van der Waals surface area contributed by atoms with Crippen molar-refractivity contribution in [3.8, 4) is 0 Å². The molecule has 0 aliphatic heterocycles. The summed E-state index contributed by atoms with van der Waals surface area (Å²) < 4.78 is 6.64. The largest absolute Gasteiger partial charge is 0.462 e. The number of ether oxygens (including phenoxy) is 1. The first kappa shape index (κ1) is 22.0. The van der Waals surface area contributed by atoms with Crippen LogP contribution in [0.1, 0.15) is 36.0 Å². The van der Waals surface area contributed by atoms with E-state index in [9.17, 15) is 14.4 Å². The van der Waals surface area contributed by atoms with Crippen LogP contribution in [-0.4, -0.2) is 33.8 Å². The normalized spacial score (nSPS) is 10.9. The van der Waals surface area contributed by atoms with Crippen LogP contribution in [0.3, 0.4) is 0 Å². The van der Waals surface area contributed by atoms with Crippen molar-refractivity contribution in [3.63, 3.8) is 0 Å². The molecule has 7 nitrogen and oxygen atoms in total. The number of rotatable bonds is 8. The third kappa shape index (κ3) is 4.73. The molecule has 0 saturated carbocycles. The first-order chi connectivity index (χ1) is 14.5. The minimum absolute atomic E-state index is 0.0619. The van der Waals surface area contributed by atoms with Gasteiger partial charge in [0.1, 0.15) is 5.00 Å². The van der Waals surface area contributed by atoms with Crippen molar-refractivity contribution < 1.29 is 14.3 Å². The first-order valence-corrected chi connectivity index (χ1v) is 11.5. The lowest BCUT2D eigenvalue weighted by Gasteiger charge is -2.11. The van der Waals surface area contributed by atoms with Gasteiger partial charge in [-0.05, 0) is 38.5 Å². The van der Waals surface area contributed by atoms with Crippen LogP contribution in [0.2, 0.25) is 0 Å². The molecule has 2 aromatic heterocycles. The van der Waals surface area contributed by atoms with Gasteiger partial charge < -0.3 is 10.1 Å². The minimum Gasteiger partial charge on any atom is -0.462 e. The standard InChI is InChI=1S/C21H23N3O4S2/c1-4-13-11-15(20(27)28-6-3)18(30-13)23-17(25)12-29-21-22-16-10-8-7-9-14(16)19(26)24(21)5-2/h7-11H,4-6,12H2,1-3H3,(H,23,25). The average molecular weight is 446 g/mol. The lowest BCUT2D eigenvalue weighted by molar-refractivity contribution is -0.113. The number of hydrogen-bond donors (Lipinski definition) is 1. The number of amides is 1. The van der Waals surface area contributed by atoms with Crippen LogP contribution in [0.5, 0.6) is 0 Å². The van der Waals surface area contributed by atoms with Crippen molar-refractivity contribution >= 4 is 50.9 Å². The molecule has 0 bridgehead atoms. The van der Waals surface area contributed by atoms with Crippen molar-refractivity contribution in [2.75, 3.05) is 17.7 Å². The molecule has 0 aliphatic carbocycles. The van der Waals surface area contributed by atoms with E-state index in [0.717, 1.165) is 11.3 Å². The monoisotopic (exact) mass is 445 g/mol. The number of benzene rings is 1.